The SMILES string of the molecule is Cc1cccc2oc([C@@H](N)CC(C)C)cc12. The topological polar surface area (TPSA) is 39.2 Å². The molecule has 0 aliphatic heterocycles. The second kappa shape index (κ2) is 4.30. The van der Waals surface area contributed by atoms with Gasteiger partial charge in [-0.3, -0.25) is 0 Å². The number of hydrogen-bond acceptors (Lipinski definition) is 2. The fourth-order valence-corrected chi connectivity index (χ4v) is 2.03. The normalized spacial score (nSPS) is 13.6. The Morgan fingerprint density at radius 3 is 2.69 bits per heavy atom. The Kier molecular flexibility index (Phi) is 3.01. The smallest absolute Gasteiger partial charge is 0.134 e. The van der Waals surface area contributed by atoms with Crippen molar-refractivity contribution in [1.29, 1.82) is 0 Å². The zero-order chi connectivity index (χ0) is 11.7. The first-order valence-corrected chi connectivity index (χ1v) is 5.82. The van der Waals surface area contributed by atoms with E-state index in [2.05, 4.69) is 32.9 Å². The monoisotopic (exact) mass is 217 g/mol. The molecule has 16 heavy (non-hydrogen) atoms. The lowest BCUT2D eigenvalue weighted by Gasteiger charge is -2.10. The van der Waals surface area contributed by atoms with Gasteiger partial charge in [-0.1, -0.05) is 26.0 Å². The van der Waals surface area contributed by atoms with Crippen molar-refractivity contribution in [3.05, 3.63) is 35.6 Å². The van der Waals surface area contributed by atoms with Crippen molar-refractivity contribution in [2.75, 3.05) is 0 Å². The molecule has 0 saturated heterocycles. The molecule has 2 heteroatoms. The molecule has 1 aromatic carbocycles. The van der Waals surface area contributed by atoms with Crippen LogP contribution in [-0.2, 0) is 0 Å². The maximum Gasteiger partial charge on any atom is 0.134 e. The second-order valence-electron chi connectivity index (χ2n) is 4.87. The summed E-state index contributed by atoms with van der Waals surface area (Å²) >= 11 is 0. The third kappa shape index (κ3) is 2.12. The van der Waals surface area contributed by atoms with E-state index in [0.29, 0.717) is 5.92 Å². The van der Waals surface area contributed by atoms with E-state index in [1.165, 1.54) is 10.9 Å². The van der Waals surface area contributed by atoms with Crippen LogP contribution in [0.5, 0.6) is 0 Å². The lowest BCUT2D eigenvalue weighted by Crippen LogP contribution is -2.11. The number of rotatable bonds is 3. The average Bonchev–Trinajstić information content (AvgIpc) is 2.61. The van der Waals surface area contributed by atoms with Gasteiger partial charge >= 0.3 is 0 Å². The first-order valence-electron chi connectivity index (χ1n) is 5.82. The Morgan fingerprint density at radius 1 is 1.31 bits per heavy atom. The van der Waals surface area contributed by atoms with Gasteiger partial charge in [0.25, 0.3) is 0 Å². The number of aryl methyl sites for hydroxylation is 1. The van der Waals surface area contributed by atoms with E-state index in [0.717, 1.165) is 17.8 Å². The van der Waals surface area contributed by atoms with Gasteiger partial charge in [0.2, 0.25) is 0 Å². The van der Waals surface area contributed by atoms with E-state index in [-0.39, 0.29) is 6.04 Å². The maximum atomic E-state index is 6.12. The molecular weight excluding hydrogens is 198 g/mol. The van der Waals surface area contributed by atoms with E-state index >= 15 is 0 Å². The molecule has 0 unspecified atom stereocenters. The van der Waals surface area contributed by atoms with Crippen LogP contribution in [0.4, 0.5) is 0 Å². The van der Waals surface area contributed by atoms with Crippen LogP contribution in [-0.4, -0.2) is 0 Å². The van der Waals surface area contributed by atoms with Gasteiger partial charge in [0.15, 0.2) is 0 Å². The molecule has 0 bridgehead atoms. The van der Waals surface area contributed by atoms with Crippen molar-refractivity contribution < 1.29 is 4.42 Å². The van der Waals surface area contributed by atoms with Crippen molar-refractivity contribution in [3.63, 3.8) is 0 Å². The van der Waals surface area contributed by atoms with E-state index in [1.54, 1.807) is 0 Å². The van der Waals surface area contributed by atoms with Gasteiger partial charge in [0.1, 0.15) is 11.3 Å². The Hall–Kier alpha value is -1.28. The molecule has 1 heterocycles. The van der Waals surface area contributed by atoms with Gasteiger partial charge in [-0.05, 0) is 37.0 Å². The summed E-state index contributed by atoms with van der Waals surface area (Å²) in [6.45, 7) is 6.44. The Morgan fingerprint density at radius 2 is 2.06 bits per heavy atom. The van der Waals surface area contributed by atoms with Gasteiger partial charge in [-0.15, -0.1) is 0 Å². The van der Waals surface area contributed by atoms with Gasteiger partial charge in [-0.2, -0.15) is 0 Å². The lowest BCUT2D eigenvalue weighted by atomic mass is 10.0. The summed E-state index contributed by atoms with van der Waals surface area (Å²) in [5, 5.41) is 1.18. The summed E-state index contributed by atoms with van der Waals surface area (Å²) in [5.41, 5.74) is 8.30. The summed E-state index contributed by atoms with van der Waals surface area (Å²) in [5.74, 6) is 1.49. The molecule has 0 aliphatic carbocycles. The van der Waals surface area contributed by atoms with Gasteiger partial charge in [0.05, 0.1) is 6.04 Å². The lowest BCUT2D eigenvalue weighted by molar-refractivity contribution is 0.431. The van der Waals surface area contributed by atoms with Crippen LogP contribution in [0.2, 0.25) is 0 Å². The number of nitrogens with two attached hydrogens (primary N) is 1. The van der Waals surface area contributed by atoms with Crippen LogP contribution in [0.15, 0.2) is 28.7 Å². The summed E-state index contributed by atoms with van der Waals surface area (Å²) in [7, 11) is 0. The molecule has 0 radical (unpaired) electrons. The third-order valence-corrected chi connectivity index (χ3v) is 2.89. The number of fused-ring (bicyclic) bond motifs is 1. The minimum Gasteiger partial charge on any atom is -0.459 e. The van der Waals surface area contributed by atoms with Crippen molar-refractivity contribution >= 4 is 11.0 Å². The molecule has 0 spiro atoms. The standard InChI is InChI=1S/C14H19NO/c1-9(2)7-12(15)14-8-11-10(3)5-4-6-13(11)16-14/h4-6,8-9,12H,7,15H2,1-3H3/t12-/m0/s1. The van der Waals surface area contributed by atoms with Crippen molar-refractivity contribution in [2.45, 2.75) is 33.2 Å². The molecule has 0 fully saturated rings. The molecule has 0 amide bonds. The average molecular weight is 217 g/mol. The zero-order valence-electron chi connectivity index (χ0n) is 10.2. The molecule has 2 rings (SSSR count). The van der Waals surface area contributed by atoms with E-state index < -0.39 is 0 Å². The molecule has 86 valence electrons. The molecule has 1 atom stereocenters. The van der Waals surface area contributed by atoms with E-state index in [9.17, 15) is 0 Å². The summed E-state index contributed by atoms with van der Waals surface area (Å²) in [4.78, 5) is 0. The van der Waals surface area contributed by atoms with Crippen LogP contribution in [0.3, 0.4) is 0 Å². The van der Waals surface area contributed by atoms with Gasteiger partial charge in [-0.25, -0.2) is 0 Å². The maximum absolute atomic E-state index is 6.12. The first kappa shape index (κ1) is 11.2. The third-order valence-electron chi connectivity index (χ3n) is 2.89. The highest BCUT2D eigenvalue weighted by Crippen LogP contribution is 2.27. The van der Waals surface area contributed by atoms with Crippen molar-refractivity contribution in [2.24, 2.45) is 11.7 Å². The minimum atomic E-state index is 0.00630. The highest BCUT2D eigenvalue weighted by Gasteiger charge is 2.14. The quantitative estimate of drug-likeness (QED) is 0.849. The largest absolute Gasteiger partial charge is 0.459 e. The molecule has 2 N–H and O–H groups in total. The molecule has 2 nitrogen and oxygen atoms in total. The van der Waals surface area contributed by atoms with E-state index in [4.69, 9.17) is 10.2 Å². The molecule has 2 aromatic rings. The van der Waals surface area contributed by atoms with Crippen LogP contribution in [0.1, 0.15) is 37.6 Å². The Balaban J connectivity index is 2.36. The van der Waals surface area contributed by atoms with Crippen molar-refractivity contribution in [1.82, 2.24) is 0 Å². The second-order valence-corrected chi connectivity index (χ2v) is 4.87. The van der Waals surface area contributed by atoms with E-state index in [1.807, 2.05) is 12.1 Å². The zero-order valence-corrected chi connectivity index (χ0v) is 10.2. The minimum absolute atomic E-state index is 0.00630. The Labute approximate surface area is 96.4 Å². The van der Waals surface area contributed by atoms with Crippen LogP contribution < -0.4 is 5.73 Å². The highest BCUT2D eigenvalue weighted by atomic mass is 16.3. The number of hydrogen-bond donors (Lipinski definition) is 1. The Bertz CT molecular complexity index is 484. The molecule has 0 saturated carbocycles. The summed E-state index contributed by atoms with van der Waals surface area (Å²) < 4.78 is 5.79. The van der Waals surface area contributed by atoms with Gasteiger partial charge in [0, 0.05) is 5.39 Å². The predicted molar refractivity (Wildman–Crippen MR) is 67.3 cm³/mol. The highest BCUT2D eigenvalue weighted by molar-refractivity contribution is 5.81. The van der Waals surface area contributed by atoms with Gasteiger partial charge < -0.3 is 10.2 Å². The molecular formula is C14H19NO. The molecule has 0 aliphatic rings. The molecule has 1 aromatic heterocycles. The number of benzene rings is 1. The van der Waals surface area contributed by atoms with Crippen molar-refractivity contribution in [3.8, 4) is 0 Å². The number of furan rings is 1. The summed E-state index contributed by atoms with van der Waals surface area (Å²) in [6, 6.07) is 8.19. The van der Waals surface area contributed by atoms with Crippen LogP contribution >= 0.6 is 0 Å². The van der Waals surface area contributed by atoms with Crippen LogP contribution in [0.25, 0.3) is 11.0 Å². The van der Waals surface area contributed by atoms with Crippen LogP contribution in [0, 0.1) is 12.8 Å². The first-order chi connectivity index (χ1) is 7.58. The summed E-state index contributed by atoms with van der Waals surface area (Å²) in [6.07, 6.45) is 0.957. The fourth-order valence-electron chi connectivity index (χ4n) is 2.03. The fraction of sp³-hybridized carbons (Fsp3) is 0.429. The predicted octanol–water partition coefficient (Wildman–Crippen LogP) is 3.79.